The summed E-state index contributed by atoms with van der Waals surface area (Å²) in [7, 11) is 6.13. The fourth-order valence-corrected chi connectivity index (χ4v) is 13.4. The molecule has 0 aliphatic rings. The maximum Gasteiger partial charge on any atom is 0.123 e. The van der Waals surface area contributed by atoms with Gasteiger partial charge in [-0.2, -0.15) is 0 Å². The third-order valence-electron chi connectivity index (χ3n) is 9.33. The van der Waals surface area contributed by atoms with Gasteiger partial charge < -0.3 is 15.3 Å². The van der Waals surface area contributed by atoms with Crippen LogP contribution in [0.3, 0.4) is 0 Å². The number of benzene rings is 6. The zero-order chi connectivity index (χ0) is 35.4. The molecule has 0 fully saturated rings. The molecule has 3 nitrogen and oxygen atoms in total. The third-order valence-corrected chi connectivity index (χ3v) is 15.3. The van der Waals surface area contributed by atoms with Gasteiger partial charge in [-0.25, -0.2) is 0 Å². The van der Waals surface area contributed by atoms with Crippen LogP contribution in [0.15, 0.2) is 182 Å². The van der Waals surface area contributed by atoms with E-state index in [1.807, 2.05) is 36.4 Å². The van der Waals surface area contributed by atoms with E-state index >= 15 is 0 Å². The standard InChI is InChI=1S/C44H42O3S4/c45-31-32-48-51-42(47)41(44(37-25-13-4-14-26-37,38-27-15-5-16-28-38)39-29-17-6-18-30-39)50-49-40(33-46)43(34-19-7-1-8-20-34,35-21-9-2-10-22-35)36-23-11-3-12-24-36/h1-30,40-42,45-47H,31-33H2. The van der Waals surface area contributed by atoms with Gasteiger partial charge in [-0.3, -0.25) is 0 Å². The van der Waals surface area contributed by atoms with Crippen molar-refractivity contribution >= 4 is 43.2 Å². The number of rotatable bonds is 17. The lowest BCUT2D eigenvalue weighted by Crippen LogP contribution is -2.46. The summed E-state index contributed by atoms with van der Waals surface area (Å²) in [6.45, 7) is -0.0843. The van der Waals surface area contributed by atoms with E-state index in [1.54, 1.807) is 21.6 Å². The highest BCUT2D eigenvalue weighted by molar-refractivity contribution is 8.78. The second-order valence-corrected chi connectivity index (χ2v) is 17.3. The summed E-state index contributed by atoms with van der Waals surface area (Å²) >= 11 is 0. The van der Waals surface area contributed by atoms with E-state index in [1.165, 1.54) is 21.6 Å². The molecule has 6 aromatic rings. The first-order chi connectivity index (χ1) is 25.2. The number of hydrogen-bond acceptors (Lipinski definition) is 7. The van der Waals surface area contributed by atoms with Crippen LogP contribution in [0.25, 0.3) is 0 Å². The van der Waals surface area contributed by atoms with Gasteiger partial charge in [0.15, 0.2) is 0 Å². The fraction of sp³-hybridized carbons (Fsp3) is 0.182. The second kappa shape index (κ2) is 18.4. The first-order valence-electron chi connectivity index (χ1n) is 17.0. The average Bonchev–Trinajstić information content (AvgIpc) is 3.21. The molecule has 0 saturated heterocycles. The van der Waals surface area contributed by atoms with Crippen molar-refractivity contribution in [1.82, 2.24) is 0 Å². The Bertz CT molecular complexity index is 1670. The summed E-state index contributed by atoms with van der Waals surface area (Å²) in [4.78, 5) is 0. The van der Waals surface area contributed by atoms with E-state index in [2.05, 4.69) is 146 Å². The number of aliphatic hydroxyl groups is 3. The topological polar surface area (TPSA) is 60.7 Å². The van der Waals surface area contributed by atoms with Crippen LogP contribution < -0.4 is 0 Å². The van der Waals surface area contributed by atoms with Crippen molar-refractivity contribution < 1.29 is 15.3 Å². The van der Waals surface area contributed by atoms with E-state index in [4.69, 9.17) is 0 Å². The minimum absolute atomic E-state index is 0.0263. The van der Waals surface area contributed by atoms with Crippen molar-refractivity contribution in [2.75, 3.05) is 19.0 Å². The zero-order valence-corrected chi connectivity index (χ0v) is 31.4. The Kier molecular flexibility index (Phi) is 13.5. The van der Waals surface area contributed by atoms with Crippen LogP contribution in [0.4, 0.5) is 0 Å². The molecule has 0 amide bonds. The highest BCUT2D eigenvalue weighted by Crippen LogP contribution is 2.57. The number of hydrogen-bond donors (Lipinski definition) is 3. The largest absolute Gasteiger partial charge is 0.395 e. The molecule has 0 aromatic heterocycles. The normalized spacial score (nSPS) is 13.7. The average molecular weight is 747 g/mol. The molecule has 3 N–H and O–H groups in total. The summed E-state index contributed by atoms with van der Waals surface area (Å²) < 4.78 is 0. The lowest BCUT2D eigenvalue weighted by Gasteiger charge is -2.46. The van der Waals surface area contributed by atoms with E-state index < -0.39 is 21.5 Å². The molecular formula is C44H42O3S4. The van der Waals surface area contributed by atoms with E-state index in [0.717, 1.165) is 33.4 Å². The van der Waals surface area contributed by atoms with E-state index in [0.29, 0.717) is 5.75 Å². The minimum Gasteiger partial charge on any atom is -0.395 e. The van der Waals surface area contributed by atoms with Crippen molar-refractivity contribution in [3.05, 3.63) is 215 Å². The molecular weight excluding hydrogens is 705 g/mol. The molecule has 0 bridgehead atoms. The Hall–Kier alpha value is -3.40. The Balaban J connectivity index is 1.57. The van der Waals surface area contributed by atoms with Crippen molar-refractivity contribution in [2.45, 2.75) is 26.8 Å². The summed E-state index contributed by atoms with van der Waals surface area (Å²) in [6.07, 6.45) is 0. The SMILES string of the molecule is OCCSSC(O)C(SSC(CO)C(c1ccccc1)(c1ccccc1)c1ccccc1)C(c1ccccc1)(c1ccccc1)c1ccccc1. The van der Waals surface area contributed by atoms with Gasteiger partial charge in [-0.15, -0.1) is 0 Å². The van der Waals surface area contributed by atoms with Crippen molar-refractivity contribution in [3.8, 4) is 0 Å². The van der Waals surface area contributed by atoms with Crippen molar-refractivity contribution in [3.63, 3.8) is 0 Å². The summed E-state index contributed by atoms with van der Waals surface area (Å²) in [5.41, 5.74) is 4.07. The fourth-order valence-electron chi connectivity index (χ4n) is 7.16. The lowest BCUT2D eigenvalue weighted by atomic mass is 9.67. The van der Waals surface area contributed by atoms with Crippen molar-refractivity contribution in [2.24, 2.45) is 0 Å². The summed E-state index contributed by atoms with van der Waals surface area (Å²) in [6, 6.07) is 62.8. The predicted molar refractivity (Wildman–Crippen MR) is 221 cm³/mol. The van der Waals surface area contributed by atoms with Gasteiger partial charge in [0.05, 0.1) is 34.5 Å². The van der Waals surface area contributed by atoms with Gasteiger partial charge in [0.2, 0.25) is 0 Å². The van der Waals surface area contributed by atoms with Crippen LogP contribution in [0.2, 0.25) is 0 Å². The van der Waals surface area contributed by atoms with Crippen LogP contribution in [0.1, 0.15) is 33.4 Å². The highest BCUT2D eigenvalue weighted by Gasteiger charge is 2.50. The molecule has 51 heavy (non-hydrogen) atoms. The van der Waals surface area contributed by atoms with E-state index in [-0.39, 0.29) is 18.5 Å². The minimum atomic E-state index is -0.862. The molecule has 3 atom stereocenters. The Morgan fingerprint density at radius 3 is 1.02 bits per heavy atom. The lowest BCUT2D eigenvalue weighted by molar-refractivity contribution is 0.240. The second-order valence-electron chi connectivity index (χ2n) is 12.1. The highest BCUT2D eigenvalue weighted by atomic mass is 33.1. The monoisotopic (exact) mass is 746 g/mol. The zero-order valence-electron chi connectivity index (χ0n) is 28.1. The molecule has 6 aromatic carbocycles. The van der Waals surface area contributed by atoms with Gasteiger partial charge in [-0.05, 0) is 33.4 Å². The maximum absolute atomic E-state index is 12.5. The van der Waals surface area contributed by atoms with Crippen LogP contribution in [0, 0.1) is 0 Å². The van der Waals surface area contributed by atoms with Gasteiger partial charge in [-0.1, -0.05) is 225 Å². The van der Waals surface area contributed by atoms with Gasteiger partial charge in [0.25, 0.3) is 0 Å². The molecule has 0 spiro atoms. The van der Waals surface area contributed by atoms with Crippen LogP contribution in [-0.4, -0.2) is 50.2 Å². The predicted octanol–water partition coefficient (Wildman–Crippen LogP) is 9.86. The maximum atomic E-state index is 12.5. The molecule has 6 rings (SSSR count). The Morgan fingerprint density at radius 2 is 0.725 bits per heavy atom. The van der Waals surface area contributed by atoms with Crippen LogP contribution in [0.5, 0.6) is 0 Å². The molecule has 3 unspecified atom stereocenters. The summed E-state index contributed by atoms with van der Waals surface area (Å²) in [5, 5.41) is 32.9. The molecule has 0 saturated carbocycles. The van der Waals surface area contributed by atoms with Crippen LogP contribution in [-0.2, 0) is 10.8 Å². The third kappa shape index (κ3) is 7.86. The van der Waals surface area contributed by atoms with Crippen molar-refractivity contribution in [1.29, 1.82) is 0 Å². The van der Waals surface area contributed by atoms with Gasteiger partial charge >= 0.3 is 0 Å². The van der Waals surface area contributed by atoms with Gasteiger partial charge in [0.1, 0.15) is 5.44 Å². The molecule has 0 aliphatic heterocycles. The molecule has 0 radical (unpaired) electrons. The van der Waals surface area contributed by atoms with Crippen LogP contribution >= 0.6 is 43.2 Å². The molecule has 0 heterocycles. The number of aliphatic hydroxyl groups excluding tert-OH is 3. The molecule has 7 heteroatoms. The Morgan fingerprint density at radius 1 is 0.412 bits per heavy atom. The molecule has 260 valence electrons. The quantitative estimate of drug-likeness (QED) is 0.0372. The van der Waals surface area contributed by atoms with E-state index in [9.17, 15) is 15.3 Å². The smallest absolute Gasteiger partial charge is 0.123 e. The first kappa shape index (κ1) is 37.4. The van der Waals surface area contributed by atoms with Gasteiger partial charge in [0, 0.05) is 5.75 Å². The Labute approximate surface area is 317 Å². The summed E-state index contributed by atoms with van der Waals surface area (Å²) in [5.74, 6) is 0.500. The molecule has 0 aliphatic carbocycles. The first-order valence-corrected chi connectivity index (χ1v) is 21.7.